The van der Waals surface area contributed by atoms with Gasteiger partial charge in [-0.1, -0.05) is 11.6 Å². The summed E-state index contributed by atoms with van der Waals surface area (Å²) >= 11 is 5.81. The van der Waals surface area contributed by atoms with Crippen LogP contribution in [0.1, 0.15) is 13.8 Å². The van der Waals surface area contributed by atoms with E-state index in [1.54, 1.807) is 0 Å². The molecule has 0 spiro atoms. The van der Waals surface area contributed by atoms with E-state index < -0.39 is 10.0 Å². The molecule has 0 aliphatic carbocycles. The van der Waals surface area contributed by atoms with Crippen molar-refractivity contribution in [2.45, 2.75) is 30.8 Å². The third kappa shape index (κ3) is 3.17. The fraction of sp³-hybridized carbons (Fsp3) is 0.545. The van der Waals surface area contributed by atoms with Gasteiger partial charge in [0.1, 0.15) is 10.7 Å². The van der Waals surface area contributed by atoms with Crippen LogP contribution in [0.15, 0.2) is 17.2 Å². The highest BCUT2D eigenvalue weighted by atomic mass is 35.5. The average Bonchev–Trinajstić information content (AvgIpc) is 2.35. The van der Waals surface area contributed by atoms with Crippen molar-refractivity contribution in [1.29, 1.82) is 0 Å². The van der Waals surface area contributed by atoms with Crippen molar-refractivity contribution in [1.82, 2.24) is 14.6 Å². The number of sulfonamides is 1. The molecule has 0 saturated carbocycles. The number of pyridine rings is 1. The Morgan fingerprint density at radius 2 is 2.15 bits per heavy atom. The molecule has 2 heterocycles. The first-order chi connectivity index (χ1) is 8.84. The highest BCUT2D eigenvalue weighted by molar-refractivity contribution is 7.89. The van der Waals surface area contributed by atoms with E-state index in [-0.39, 0.29) is 40.2 Å². The first kappa shape index (κ1) is 17.5. The van der Waals surface area contributed by atoms with Crippen LogP contribution in [0.4, 0.5) is 5.82 Å². The third-order valence-corrected chi connectivity index (χ3v) is 5.63. The Morgan fingerprint density at radius 3 is 2.80 bits per heavy atom. The summed E-state index contributed by atoms with van der Waals surface area (Å²) in [6, 6.07) is 1.27. The summed E-state index contributed by atoms with van der Waals surface area (Å²) in [6.07, 6.45) is 1.33. The molecule has 1 aliphatic rings. The predicted octanol–water partition coefficient (Wildman–Crippen LogP) is 1.11. The molecule has 0 radical (unpaired) electrons. The summed E-state index contributed by atoms with van der Waals surface area (Å²) in [7, 11) is -3.68. The van der Waals surface area contributed by atoms with E-state index in [1.165, 1.54) is 16.6 Å². The third-order valence-electron chi connectivity index (χ3n) is 3.41. The van der Waals surface area contributed by atoms with Gasteiger partial charge < -0.3 is 11.1 Å². The number of nitrogens with one attached hydrogen (secondary N) is 1. The van der Waals surface area contributed by atoms with Gasteiger partial charge in [0.25, 0.3) is 0 Å². The zero-order valence-electron chi connectivity index (χ0n) is 11.2. The van der Waals surface area contributed by atoms with Crippen molar-refractivity contribution >= 4 is 39.8 Å². The molecule has 1 aromatic rings. The van der Waals surface area contributed by atoms with Crippen molar-refractivity contribution in [3.63, 3.8) is 0 Å². The Hall–Kier alpha value is -0.600. The second-order valence-electron chi connectivity index (χ2n) is 4.64. The molecule has 114 valence electrons. The molecule has 2 rings (SSSR count). The number of hydrogen-bond donors (Lipinski definition) is 2. The lowest BCUT2D eigenvalue weighted by Crippen LogP contribution is -2.57. The lowest BCUT2D eigenvalue weighted by molar-refractivity contribution is 0.233. The Balaban J connectivity index is 0.00000200. The predicted molar refractivity (Wildman–Crippen MR) is 81.7 cm³/mol. The van der Waals surface area contributed by atoms with Crippen LogP contribution in [0.25, 0.3) is 0 Å². The summed E-state index contributed by atoms with van der Waals surface area (Å²) in [5.41, 5.74) is 5.67. The van der Waals surface area contributed by atoms with Gasteiger partial charge in [0.15, 0.2) is 0 Å². The molecule has 1 aliphatic heterocycles. The van der Waals surface area contributed by atoms with Gasteiger partial charge in [-0.2, -0.15) is 4.31 Å². The van der Waals surface area contributed by atoms with Gasteiger partial charge in [0, 0.05) is 31.4 Å². The molecule has 9 heteroatoms. The van der Waals surface area contributed by atoms with Gasteiger partial charge in [-0.05, 0) is 19.9 Å². The van der Waals surface area contributed by atoms with Crippen LogP contribution in [0, 0.1) is 0 Å². The molecule has 2 unspecified atom stereocenters. The topological polar surface area (TPSA) is 88.3 Å². The van der Waals surface area contributed by atoms with Gasteiger partial charge in [0.2, 0.25) is 10.0 Å². The SMILES string of the molecule is CC1NCCN(S(=O)(=O)c2cc(Cl)cnc2N)C1C.Cl. The monoisotopic (exact) mass is 340 g/mol. The standard InChI is InChI=1S/C11H17ClN4O2S.ClH/c1-7-8(2)16(4-3-14-7)19(17,18)10-5-9(12)6-15-11(10)13;/h5-8,14H,3-4H2,1-2H3,(H2,13,15);1H. The first-order valence-electron chi connectivity index (χ1n) is 6.00. The summed E-state index contributed by atoms with van der Waals surface area (Å²) in [5.74, 6) is -0.0252. The minimum Gasteiger partial charge on any atom is -0.383 e. The smallest absolute Gasteiger partial charge is 0.247 e. The molecule has 3 N–H and O–H groups in total. The Morgan fingerprint density at radius 1 is 1.50 bits per heavy atom. The number of nitrogen functional groups attached to an aromatic ring is 1. The molecule has 2 atom stereocenters. The maximum atomic E-state index is 12.6. The van der Waals surface area contributed by atoms with E-state index in [2.05, 4.69) is 10.3 Å². The van der Waals surface area contributed by atoms with Crippen molar-refractivity contribution < 1.29 is 8.42 Å². The summed E-state index contributed by atoms with van der Waals surface area (Å²) in [4.78, 5) is 3.78. The van der Waals surface area contributed by atoms with Gasteiger partial charge in [0.05, 0.1) is 5.02 Å². The Bertz CT molecular complexity index is 582. The number of rotatable bonds is 2. The van der Waals surface area contributed by atoms with Crippen LogP contribution in [0.5, 0.6) is 0 Å². The van der Waals surface area contributed by atoms with Crippen LogP contribution >= 0.6 is 24.0 Å². The zero-order chi connectivity index (χ0) is 14.2. The molecular formula is C11H18Cl2N4O2S. The Kier molecular flexibility index (Phi) is 5.62. The fourth-order valence-electron chi connectivity index (χ4n) is 2.13. The van der Waals surface area contributed by atoms with Crippen LogP contribution in [0.3, 0.4) is 0 Å². The molecule has 6 nitrogen and oxygen atoms in total. The van der Waals surface area contributed by atoms with Crippen molar-refractivity contribution in [3.8, 4) is 0 Å². The molecule has 1 aromatic heterocycles. The lowest BCUT2D eigenvalue weighted by Gasteiger charge is -2.37. The number of hydrogen-bond acceptors (Lipinski definition) is 5. The zero-order valence-corrected chi connectivity index (χ0v) is 13.6. The summed E-state index contributed by atoms with van der Waals surface area (Å²) in [5, 5.41) is 3.49. The van der Waals surface area contributed by atoms with Gasteiger partial charge in [-0.3, -0.25) is 0 Å². The largest absolute Gasteiger partial charge is 0.383 e. The number of nitrogens with zero attached hydrogens (tertiary/aromatic N) is 2. The van der Waals surface area contributed by atoms with E-state index >= 15 is 0 Å². The number of halogens is 2. The maximum Gasteiger partial charge on any atom is 0.247 e. The minimum atomic E-state index is -3.68. The highest BCUT2D eigenvalue weighted by Gasteiger charge is 2.35. The van der Waals surface area contributed by atoms with E-state index in [9.17, 15) is 8.42 Å². The molecule has 1 saturated heterocycles. The van der Waals surface area contributed by atoms with Crippen LogP contribution in [-0.4, -0.2) is 42.9 Å². The minimum absolute atomic E-state index is 0. The summed E-state index contributed by atoms with van der Waals surface area (Å²) < 4.78 is 26.7. The molecule has 0 amide bonds. The fourth-order valence-corrected chi connectivity index (χ4v) is 4.15. The summed E-state index contributed by atoms with van der Waals surface area (Å²) in [6.45, 7) is 4.83. The number of piperazine rings is 1. The van der Waals surface area contributed by atoms with Crippen LogP contribution < -0.4 is 11.1 Å². The second kappa shape index (κ2) is 6.44. The maximum absolute atomic E-state index is 12.6. The van der Waals surface area contributed by atoms with E-state index in [1.807, 2.05) is 13.8 Å². The van der Waals surface area contributed by atoms with Crippen molar-refractivity contribution in [3.05, 3.63) is 17.3 Å². The van der Waals surface area contributed by atoms with Gasteiger partial charge in [-0.25, -0.2) is 13.4 Å². The Labute approximate surface area is 130 Å². The first-order valence-corrected chi connectivity index (χ1v) is 7.82. The van der Waals surface area contributed by atoms with E-state index in [0.717, 1.165) is 0 Å². The molecule has 1 fully saturated rings. The molecule has 20 heavy (non-hydrogen) atoms. The van der Waals surface area contributed by atoms with E-state index in [0.29, 0.717) is 13.1 Å². The van der Waals surface area contributed by atoms with Crippen molar-refractivity contribution in [2.24, 2.45) is 0 Å². The number of aromatic nitrogens is 1. The average molecular weight is 341 g/mol. The lowest BCUT2D eigenvalue weighted by atomic mass is 10.1. The quantitative estimate of drug-likeness (QED) is 0.841. The normalized spacial score (nSPS) is 24.1. The van der Waals surface area contributed by atoms with Crippen molar-refractivity contribution in [2.75, 3.05) is 18.8 Å². The highest BCUT2D eigenvalue weighted by Crippen LogP contribution is 2.26. The van der Waals surface area contributed by atoms with Gasteiger partial charge >= 0.3 is 0 Å². The van der Waals surface area contributed by atoms with Crippen LogP contribution in [-0.2, 0) is 10.0 Å². The molecule has 0 aromatic carbocycles. The van der Waals surface area contributed by atoms with E-state index in [4.69, 9.17) is 17.3 Å². The number of anilines is 1. The molecular weight excluding hydrogens is 323 g/mol. The number of nitrogens with two attached hydrogens (primary N) is 1. The van der Waals surface area contributed by atoms with Gasteiger partial charge in [-0.15, -0.1) is 12.4 Å². The van der Waals surface area contributed by atoms with Crippen LogP contribution in [0.2, 0.25) is 5.02 Å². The second-order valence-corrected chi connectivity index (χ2v) is 6.93. The molecule has 0 bridgehead atoms.